The number of anilines is 2. The fraction of sp³-hybridized carbons (Fsp3) is 0.417. The summed E-state index contributed by atoms with van der Waals surface area (Å²) in [6.45, 7) is 2.10. The Morgan fingerprint density at radius 2 is 2.19 bits per heavy atom. The van der Waals surface area contributed by atoms with Crippen molar-refractivity contribution in [3.8, 4) is 6.07 Å². The molecule has 1 saturated heterocycles. The van der Waals surface area contributed by atoms with Crippen LogP contribution in [0.2, 0.25) is 0 Å². The predicted molar refractivity (Wildman–Crippen MR) is 69.7 cm³/mol. The van der Waals surface area contributed by atoms with Gasteiger partial charge in [0.15, 0.2) is 0 Å². The van der Waals surface area contributed by atoms with E-state index in [1.165, 1.54) is 12.2 Å². The smallest absolute Gasteiger partial charge is 0.0992 e. The molecule has 2 rings (SSSR count). The maximum Gasteiger partial charge on any atom is 0.0992 e. The average molecular weight is 233 g/mol. The van der Waals surface area contributed by atoms with E-state index in [0.29, 0.717) is 11.3 Å². The summed E-state index contributed by atoms with van der Waals surface area (Å²) in [6.07, 6.45) is 1.20. The summed E-state index contributed by atoms with van der Waals surface area (Å²) >= 11 is 1.99. The van der Waals surface area contributed by atoms with Crippen LogP contribution in [-0.2, 0) is 0 Å². The number of nitriles is 1. The standard InChI is InChI=1S/C12H15N3S/c13-9-10-2-3-12(11(14)8-10)15-4-1-6-16-7-5-15/h2-3,8H,1,4-7,14H2. The zero-order valence-electron chi connectivity index (χ0n) is 9.15. The molecule has 0 unspecified atom stereocenters. The van der Waals surface area contributed by atoms with Gasteiger partial charge >= 0.3 is 0 Å². The van der Waals surface area contributed by atoms with Crippen LogP contribution in [0.5, 0.6) is 0 Å². The second kappa shape index (κ2) is 5.13. The molecule has 1 aromatic carbocycles. The van der Waals surface area contributed by atoms with E-state index >= 15 is 0 Å². The number of hydrogen-bond donors (Lipinski definition) is 1. The third-order valence-electron chi connectivity index (χ3n) is 2.72. The van der Waals surface area contributed by atoms with Crippen molar-refractivity contribution >= 4 is 23.1 Å². The van der Waals surface area contributed by atoms with Gasteiger partial charge in [0, 0.05) is 18.8 Å². The Hall–Kier alpha value is -1.34. The minimum absolute atomic E-state index is 0.630. The van der Waals surface area contributed by atoms with Gasteiger partial charge in [0.2, 0.25) is 0 Å². The summed E-state index contributed by atoms with van der Waals surface area (Å²) in [7, 11) is 0. The van der Waals surface area contributed by atoms with E-state index in [1.807, 2.05) is 23.9 Å². The second-order valence-electron chi connectivity index (χ2n) is 3.84. The Labute approximate surface area is 100 Å². The monoisotopic (exact) mass is 233 g/mol. The van der Waals surface area contributed by atoms with Crippen LogP contribution in [0.1, 0.15) is 12.0 Å². The lowest BCUT2D eigenvalue weighted by Gasteiger charge is -2.23. The molecule has 1 aliphatic rings. The van der Waals surface area contributed by atoms with Crippen LogP contribution in [0.25, 0.3) is 0 Å². The minimum Gasteiger partial charge on any atom is -0.397 e. The van der Waals surface area contributed by atoms with Crippen molar-refractivity contribution in [2.45, 2.75) is 6.42 Å². The molecular formula is C12H15N3S. The van der Waals surface area contributed by atoms with E-state index in [1.54, 1.807) is 6.07 Å². The lowest BCUT2D eigenvalue weighted by molar-refractivity contribution is 0.817. The third-order valence-corrected chi connectivity index (χ3v) is 3.77. The van der Waals surface area contributed by atoms with Crippen molar-refractivity contribution in [2.75, 3.05) is 35.2 Å². The van der Waals surface area contributed by atoms with Crippen LogP contribution < -0.4 is 10.6 Å². The van der Waals surface area contributed by atoms with E-state index in [9.17, 15) is 0 Å². The highest BCUT2D eigenvalue weighted by Crippen LogP contribution is 2.26. The van der Waals surface area contributed by atoms with Crippen molar-refractivity contribution in [3.63, 3.8) is 0 Å². The molecule has 0 aromatic heterocycles. The quantitative estimate of drug-likeness (QED) is 0.755. The highest BCUT2D eigenvalue weighted by Gasteiger charge is 2.12. The number of hydrogen-bond acceptors (Lipinski definition) is 4. The van der Waals surface area contributed by atoms with E-state index in [4.69, 9.17) is 11.0 Å². The van der Waals surface area contributed by atoms with E-state index < -0.39 is 0 Å². The fourth-order valence-corrected chi connectivity index (χ4v) is 2.79. The Bertz CT molecular complexity index is 403. The van der Waals surface area contributed by atoms with Crippen molar-refractivity contribution in [3.05, 3.63) is 23.8 Å². The van der Waals surface area contributed by atoms with Gasteiger partial charge in [-0.25, -0.2) is 0 Å². The average Bonchev–Trinajstić information content (AvgIpc) is 2.57. The molecule has 1 aromatic rings. The van der Waals surface area contributed by atoms with Crippen LogP contribution in [0.15, 0.2) is 18.2 Å². The molecule has 16 heavy (non-hydrogen) atoms. The van der Waals surface area contributed by atoms with Gasteiger partial charge in [0.05, 0.1) is 23.0 Å². The van der Waals surface area contributed by atoms with E-state index in [2.05, 4.69) is 11.0 Å². The zero-order valence-corrected chi connectivity index (χ0v) is 9.96. The fourth-order valence-electron chi connectivity index (χ4n) is 1.90. The van der Waals surface area contributed by atoms with E-state index in [-0.39, 0.29) is 0 Å². The van der Waals surface area contributed by atoms with Crippen molar-refractivity contribution < 1.29 is 0 Å². The number of nitrogens with zero attached hydrogens (tertiary/aromatic N) is 2. The van der Waals surface area contributed by atoms with Crippen molar-refractivity contribution in [1.29, 1.82) is 5.26 Å². The molecule has 0 atom stereocenters. The normalized spacial score (nSPS) is 16.6. The maximum atomic E-state index is 8.79. The van der Waals surface area contributed by atoms with Gasteiger partial charge in [-0.3, -0.25) is 0 Å². The van der Waals surface area contributed by atoms with Gasteiger partial charge in [-0.1, -0.05) is 0 Å². The van der Waals surface area contributed by atoms with Gasteiger partial charge in [-0.2, -0.15) is 17.0 Å². The van der Waals surface area contributed by atoms with Crippen molar-refractivity contribution in [1.82, 2.24) is 0 Å². The van der Waals surface area contributed by atoms with E-state index in [0.717, 1.165) is 24.5 Å². The van der Waals surface area contributed by atoms with Gasteiger partial charge in [0.25, 0.3) is 0 Å². The van der Waals surface area contributed by atoms with Crippen LogP contribution in [0.3, 0.4) is 0 Å². The summed E-state index contributed by atoms with van der Waals surface area (Å²) < 4.78 is 0. The molecule has 1 fully saturated rings. The molecule has 1 heterocycles. The molecule has 3 nitrogen and oxygen atoms in total. The van der Waals surface area contributed by atoms with Crippen LogP contribution in [0, 0.1) is 11.3 Å². The minimum atomic E-state index is 0.630. The number of nitrogens with two attached hydrogens (primary N) is 1. The predicted octanol–water partition coefficient (Wildman–Crippen LogP) is 2.08. The first-order valence-electron chi connectivity index (χ1n) is 5.43. The largest absolute Gasteiger partial charge is 0.397 e. The zero-order chi connectivity index (χ0) is 11.4. The summed E-state index contributed by atoms with van der Waals surface area (Å²) in [5.74, 6) is 2.38. The Kier molecular flexibility index (Phi) is 3.58. The van der Waals surface area contributed by atoms with Crippen molar-refractivity contribution in [2.24, 2.45) is 0 Å². The van der Waals surface area contributed by atoms with Gasteiger partial charge in [-0.05, 0) is 30.4 Å². The number of benzene rings is 1. The molecule has 1 aliphatic heterocycles. The summed E-state index contributed by atoms with van der Waals surface area (Å²) in [5, 5.41) is 8.79. The Balaban J connectivity index is 2.22. The molecule has 0 amide bonds. The SMILES string of the molecule is N#Cc1ccc(N2CCCSCC2)c(N)c1. The molecule has 84 valence electrons. The number of nitrogen functional groups attached to an aromatic ring is 1. The van der Waals surface area contributed by atoms with Crippen LogP contribution in [-0.4, -0.2) is 24.6 Å². The first-order valence-corrected chi connectivity index (χ1v) is 6.59. The molecular weight excluding hydrogens is 218 g/mol. The highest BCUT2D eigenvalue weighted by molar-refractivity contribution is 7.99. The summed E-state index contributed by atoms with van der Waals surface area (Å²) in [4.78, 5) is 2.32. The molecule has 0 saturated carbocycles. The lowest BCUT2D eigenvalue weighted by atomic mass is 10.1. The maximum absolute atomic E-state index is 8.79. The molecule has 0 radical (unpaired) electrons. The molecule has 0 spiro atoms. The summed E-state index contributed by atoms with van der Waals surface area (Å²) in [6, 6.07) is 7.66. The highest BCUT2D eigenvalue weighted by atomic mass is 32.2. The topological polar surface area (TPSA) is 53.0 Å². The Morgan fingerprint density at radius 3 is 2.94 bits per heavy atom. The first-order chi connectivity index (χ1) is 7.81. The molecule has 4 heteroatoms. The number of rotatable bonds is 1. The Morgan fingerprint density at radius 1 is 1.31 bits per heavy atom. The van der Waals surface area contributed by atoms with Crippen LogP contribution in [0.4, 0.5) is 11.4 Å². The lowest BCUT2D eigenvalue weighted by Crippen LogP contribution is -2.26. The van der Waals surface area contributed by atoms with Gasteiger partial charge in [0.1, 0.15) is 0 Å². The molecule has 2 N–H and O–H groups in total. The molecule has 0 bridgehead atoms. The van der Waals surface area contributed by atoms with Gasteiger partial charge in [-0.15, -0.1) is 0 Å². The third kappa shape index (κ3) is 2.42. The second-order valence-corrected chi connectivity index (χ2v) is 5.06. The number of thioether (sulfide) groups is 1. The van der Waals surface area contributed by atoms with Crippen LogP contribution >= 0.6 is 11.8 Å². The first kappa shape index (κ1) is 11.2. The molecule has 0 aliphatic carbocycles. The van der Waals surface area contributed by atoms with Gasteiger partial charge < -0.3 is 10.6 Å². The summed E-state index contributed by atoms with van der Waals surface area (Å²) in [5.41, 5.74) is 8.39.